The molecule has 20 heavy (non-hydrogen) atoms. The van der Waals surface area contributed by atoms with Gasteiger partial charge in [-0.25, -0.2) is 0 Å². The first-order valence-electron chi connectivity index (χ1n) is 5.52. The van der Waals surface area contributed by atoms with Crippen LogP contribution in [0.5, 0.6) is 5.75 Å². The van der Waals surface area contributed by atoms with E-state index in [2.05, 4.69) is 5.32 Å². The Labute approximate surface area is 118 Å². The number of nitrogens with one attached hydrogen (secondary N) is 1. The molecule has 0 spiro atoms. The summed E-state index contributed by atoms with van der Waals surface area (Å²) >= 11 is 5.67. The first-order valence-corrected chi connectivity index (χ1v) is 5.90. The molecule has 6 nitrogen and oxygen atoms in total. The van der Waals surface area contributed by atoms with Gasteiger partial charge >= 0.3 is 0 Å². The lowest BCUT2D eigenvalue weighted by atomic mass is 10.1. The molecule has 1 amide bonds. The Morgan fingerprint density at radius 3 is 2.60 bits per heavy atom. The highest BCUT2D eigenvalue weighted by Crippen LogP contribution is 2.26. The van der Waals surface area contributed by atoms with Crippen molar-refractivity contribution < 1.29 is 14.8 Å². The minimum absolute atomic E-state index is 0.127. The van der Waals surface area contributed by atoms with Crippen LogP contribution in [0.25, 0.3) is 0 Å². The van der Waals surface area contributed by atoms with Crippen LogP contribution in [-0.2, 0) is 0 Å². The third-order valence-corrected chi connectivity index (χ3v) is 2.79. The second kappa shape index (κ2) is 5.58. The molecule has 0 radical (unpaired) electrons. The van der Waals surface area contributed by atoms with Gasteiger partial charge in [-0.3, -0.25) is 14.9 Å². The smallest absolute Gasteiger partial charge is 0.283 e. The van der Waals surface area contributed by atoms with Gasteiger partial charge in [0, 0.05) is 11.1 Å². The van der Waals surface area contributed by atoms with E-state index in [4.69, 9.17) is 11.6 Å². The van der Waals surface area contributed by atoms with Crippen LogP contribution in [0.15, 0.2) is 42.5 Å². The largest absolute Gasteiger partial charge is 0.506 e. The number of anilines is 1. The first-order chi connectivity index (χ1) is 9.49. The Morgan fingerprint density at radius 1 is 1.25 bits per heavy atom. The Hall–Kier alpha value is -2.60. The van der Waals surface area contributed by atoms with Crippen LogP contribution >= 0.6 is 11.6 Å². The zero-order valence-electron chi connectivity index (χ0n) is 10.0. The van der Waals surface area contributed by atoms with E-state index in [1.54, 1.807) is 12.1 Å². The number of aromatic hydroxyl groups is 1. The molecular weight excluding hydrogens is 284 g/mol. The molecule has 2 N–H and O–H groups in total. The summed E-state index contributed by atoms with van der Waals surface area (Å²) in [5.41, 5.74) is -0.366. The molecular formula is C13H9ClN2O4. The fourth-order valence-electron chi connectivity index (χ4n) is 1.62. The number of nitro benzene ring substituents is 1. The number of hydrogen-bond donors (Lipinski definition) is 2. The number of phenols is 1. The lowest BCUT2D eigenvalue weighted by Gasteiger charge is -2.07. The number of benzene rings is 2. The normalized spacial score (nSPS) is 10.1. The second-order valence-electron chi connectivity index (χ2n) is 3.89. The van der Waals surface area contributed by atoms with Crippen molar-refractivity contribution in [3.8, 4) is 5.75 Å². The van der Waals surface area contributed by atoms with E-state index in [1.165, 1.54) is 24.3 Å². The summed E-state index contributed by atoms with van der Waals surface area (Å²) in [4.78, 5) is 22.3. The summed E-state index contributed by atoms with van der Waals surface area (Å²) in [7, 11) is 0. The van der Waals surface area contributed by atoms with Gasteiger partial charge in [-0.1, -0.05) is 23.7 Å². The summed E-state index contributed by atoms with van der Waals surface area (Å²) < 4.78 is 0. The maximum Gasteiger partial charge on any atom is 0.283 e. The van der Waals surface area contributed by atoms with Gasteiger partial charge in [-0.15, -0.1) is 0 Å². The summed E-state index contributed by atoms with van der Waals surface area (Å²) in [6.45, 7) is 0. The zero-order valence-corrected chi connectivity index (χ0v) is 10.8. The van der Waals surface area contributed by atoms with Gasteiger partial charge in [0.1, 0.15) is 11.3 Å². The van der Waals surface area contributed by atoms with E-state index < -0.39 is 16.5 Å². The zero-order chi connectivity index (χ0) is 14.7. The molecule has 0 aliphatic rings. The molecule has 0 fully saturated rings. The second-order valence-corrected chi connectivity index (χ2v) is 4.33. The number of hydrogen-bond acceptors (Lipinski definition) is 4. The molecule has 0 saturated heterocycles. The van der Waals surface area contributed by atoms with E-state index in [0.29, 0.717) is 0 Å². The number of nitrogens with zero attached hydrogens (tertiary/aromatic N) is 1. The van der Waals surface area contributed by atoms with Crippen molar-refractivity contribution in [2.45, 2.75) is 0 Å². The number of nitro groups is 1. The van der Waals surface area contributed by atoms with Crippen molar-refractivity contribution in [3.05, 3.63) is 63.2 Å². The maximum atomic E-state index is 12.0. The molecule has 2 aromatic rings. The minimum Gasteiger partial charge on any atom is -0.506 e. The lowest BCUT2D eigenvalue weighted by Crippen LogP contribution is -2.14. The van der Waals surface area contributed by atoms with E-state index in [9.17, 15) is 20.0 Å². The Bertz CT molecular complexity index is 688. The number of carbonyl (C=O) groups excluding carboxylic acids is 1. The molecule has 0 aromatic heterocycles. The summed E-state index contributed by atoms with van der Waals surface area (Å²) in [6, 6.07) is 9.83. The van der Waals surface area contributed by atoms with E-state index >= 15 is 0 Å². The van der Waals surface area contributed by atoms with Crippen LogP contribution in [0.3, 0.4) is 0 Å². The van der Waals surface area contributed by atoms with E-state index in [1.807, 2.05) is 0 Å². The van der Waals surface area contributed by atoms with Gasteiger partial charge < -0.3 is 10.4 Å². The van der Waals surface area contributed by atoms with Gasteiger partial charge in [-0.2, -0.15) is 0 Å². The minimum atomic E-state index is -0.699. The molecule has 0 heterocycles. The molecule has 0 aliphatic carbocycles. The highest BCUT2D eigenvalue weighted by atomic mass is 35.5. The molecule has 0 unspecified atom stereocenters. The van der Waals surface area contributed by atoms with Gasteiger partial charge in [0.2, 0.25) is 0 Å². The van der Waals surface area contributed by atoms with E-state index in [0.717, 1.165) is 6.07 Å². The first kappa shape index (κ1) is 13.8. The van der Waals surface area contributed by atoms with Crippen molar-refractivity contribution in [2.24, 2.45) is 0 Å². The SMILES string of the molecule is O=C(Nc1ccccc1O)c1ccc(Cl)cc1[N+](=O)[O-]. The van der Waals surface area contributed by atoms with Crippen molar-refractivity contribution in [3.63, 3.8) is 0 Å². The fourth-order valence-corrected chi connectivity index (χ4v) is 1.78. The van der Waals surface area contributed by atoms with Crippen molar-refractivity contribution in [1.29, 1.82) is 0 Å². The van der Waals surface area contributed by atoms with E-state index in [-0.39, 0.29) is 22.0 Å². The van der Waals surface area contributed by atoms with Crippen molar-refractivity contribution in [1.82, 2.24) is 0 Å². The topological polar surface area (TPSA) is 92.5 Å². The quantitative estimate of drug-likeness (QED) is 0.516. The molecule has 2 rings (SSSR count). The van der Waals surface area contributed by atoms with Crippen LogP contribution in [-0.4, -0.2) is 15.9 Å². The molecule has 0 atom stereocenters. The number of phenolic OH excluding ortho intramolecular Hbond substituents is 1. The van der Waals surface area contributed by atoms with Gasteiger partial charge in [-0.05, 0) is 24.3 Å². The van der Waals surface area contributed by atoms with Crippen LogP contribution in [0.4, 0.5) is 11.4 Å². The highest BCUT2D eigenvalue weighted by molar-refractivity contribution is 6.31. The van der Waals surface area contributed by atoms with Crippen LogP contribution in [0.1, 0.15) is 10.4 Å². The van der Waals surface area contributed by atoms with Gasteiger partial charge in [0.05, 0.1) is 10.6 Å². The van der Waals surface area contributed by atoms with Crippen LogP contribution in [0.2, 0.25) is 5.02 Å². The average Bonchev–Trinajstić information content (AvgIpc) is 2.41. The fraction of sp³-hybridized carbons (Fsp3) is 0. The number of amides is 1. The average molecular weight is 293 g/mol. The third-order valence-electron chi connectivity index (χ3n) is 2.55. The number of halogens is 1. The standard InChI is InChI=1S/C13H9ClN2O4/c14-8-5-6-9(11(7-8)16(19)20)13(18)15-10-3-1-2-4-12(10)17/h1-7,17H,(H,15,18). The van der Waals surface area contributed by atoms with Gasteiger partial charge in [0.15, 0.2) is 0 Å². The molecule has 102 valence electrons. The van der Waals surface area contributed by atoms with Crippen LogP contribution in [0, 0.1) is 10.1 Å². The molecule has 2 aromatic carbocycles. The summed E-state index contributed by atoms with van der Waals surface area (Å²) in [5.74, 6) is -0.827. The Balaban J connectivity index is 2.35. The predicted molar refractivity (Wildman–Crippen MR) is 74.2 cm³/mol. The van der Waals surface area contributed by atoms with Crippen LogP contribution < -0.4 is 5.32 Å². The molecule has 7 heteroatoms. The summed E-state index contributed by atoms with van der Waals surface area (Å²) in [6.07, 6.45) is 0. The maximum absolute atomic E-state index is 12.0. The van der Waals surface area contributed by atoms with Crippen molar-refractivity contribution >= 4 is 28.9 Å². The number of para-hydroxylation sites is 2. The van der Waals surface area contributed by atoms with Gasteiger partial charge in [0.25, 0.3) is 11.6 Å². The summed E-state index contributed by atoms with van der Waals surface area (Å²) in [5, 5.41) is 23.0. The lowest BCUT2D eigenvalue weighted by molar-refractivity contribution is -0.385. The third kappa shape index (κ3) is 2.86. The monoisotopic (exact) mass is 292 g/mol. The number of rotatable bonds is 3. The highest BCUT2D eigenvalue weighted by Gasteiger charge is 2.21. The Morgan fingerprint density at radius 2 is 1.95 bits per heavy atom. The molecule has 0 aliphatic heterocycles. The Kier molecular flexibility index (Phi) is 3.86. The van der Waals surface area contributed by atoms with Crippen molar-refractivity contribution in [2.75, 3.05) is 5.32 Å². The predicted octanol–water partition coefficient (Wildman–Crippen LogP) is 3.21. The number of carbonyl (C=O) groups is 1. The molecule has 0 bridgehead atoms. The molecule has 0 saturated carbocycles.